The normalized spacial score (nSPS) is 19.7. The SMILES string of the molecule is Cc1ccc(C)c(CN2CCC3(CCC(=O)N(Cc4cnc(C)cn4)C3)CC2)c1. The Balaban J connectivity index is 1.37. The standard InChI is InChI=1S/C24H32N4O/c1-18-4-5-19(2)21(12-18)15-27-10-8-24(9-11-27)7-6-23(29)28(17-24)16-22-14-25-20(3)13-26-22/h4-5,12-14H,6-11,15-17H2,1-3H3. The van der Waals surface area contributed by atoms with Crippen molar-refractivity contribution in [1.29, 1.82) is 0 Å². The molecule has 2 aliphatic heterocycles. The molecule has 5 heteroatoms. The second-order valence-corrected chi connectivity index (χ2v) is 9.11. The van der Waals surface area contributed by atoms with Crippen LogP contribution in [0, 0.1) is 26.2 Å². The van der Waals surface area contributed by atoms with Crippen molar-refractivity contribution < 1.29 is 4.79 Å². The minimum Gasteiger partial charge on any atom is -0.336 e. The van der Waals surface area contributed by atoms with Crippen LogP contribution in [0.1, 0.15) is 53.8 Å². The molecule has 4 rings (SSSR count). The average molecular weight is 393 g/mol. The number of piperidine rings is 2. The second kappa shape index (κ2) is 8.23. The predicted octanol–water partition coefficient (Wildman–Crippen LogP) is 3.81. The van der Waals surface area contributed by atoms with E-state index >= 15 is 0 Å². The highest BCUT2D eigenvalue weighted by Gasteiger charge is 2.41. The van der Waals surface area contributed by atoms with E-state index < -0.39 is 0 Å². The lowest BCUT2D eigenvalue weighted by Crippen LogP contribution is -2.51. The van der Waals surface area contributed by atoms with Crippen LogP contribution in [-0.4, -0.2) is 45.3 Å². The monoisotopic (exact) mass is 392 g/mol. The van der Waals surface area contributed by atoms with E-state index in [4.69, 9.17) is 0 Å². The summed E-state index contributed by atoms with van der Waals surface area (Å²) in [7, 11) is 0. The number of nitrogens with zero attached hydrogens (tertiary/aromatic N) is 4. The molecule has 0 unspecified atom stereocenters. The fourth-order valence-electron chi connectivity index (χ4n) is 4.75. The van der Waals surface area contributed by atoms with Crippen molar-refractivity contribution in [3.05, 3.63) is 58.7 Å². The van der Waals surface area contributed by atoms with Crippen molar-refractivity contribution in [2.75, 3.05) is 19.6 Å². The Hall–Kier alpha value is -2.27. The molecule has 2 aliphatic rings. The molecule has 0 bridgehead atoms. The zero-order valence-corrected chi connectivity index (χ0v) is 17.9. The molecule has 29 heavy (non-hydrogen) atoms. The van der Waals surface area contributed by atoms with Crippen LogP contribution < -0.4 is 0 Å². The van der Waals surface area contributed by atoms with E-state index in [0.29, 0.717) is 13.0 Å². The van der Waals surface area contributed by atoms with Crippen LogP contribution in [0.25, 0.3) is 0 Å². The van der Waals surface area contributed by atoms with Gasteiger partial charge in [-0.05, 0) is 69.7 Å². The summed E-state index contributed by atoms with van der Waals surface area (Å²) in [6.45, 7) is 11.0. The second-order valence-electron chi connectivity index (χ2n) is 9.11. The molecule has 154 valence electrons. The summed E-state index contributed by atoms with van der Waals surface area (Å²) in [4.78, 5) is 25.9. The van der Waals surface area contributed by atoms with Gasteiger partial charge < -0.3 is 4.90 Å². The summed E-state index contributed by atoms with van der Waals surface area (Å²) in [6, 6.07) is 6.74. The minimum atomic E-state index is 0.260. The molecule has 0 N–H and O–H groups in total. The van der Waals surface area contributed by atoms with Crippen LogP contribution in [0.4, 0.5) is 0 Å². The van der Waals surface area contributed by atoms with Crippen LogP contribution in [0.15, 0.2) is 30.6 Å². The van der Waals surface area contributed by atoms with Crippen LogP contribution in [-0.2, 0) is 17.9 Å². The number of aryl methyl sites for hydroxylation is 3. The fraction of sp³-hybridized carbons (Fsp3) is 0.542. The molecule has 0 aliphatic carbocycles. The van der Waals surface area contributed by atoms with Gasteiger partial charge >= 0.3 is 0 Å². The minimum absolute atomic E-state index is 0.260. The number of aromatic nitrogens is 2. The molecule has 5 nitrogen and oxygen atoms in total. The average Bonchev–Trinajstić information content (AvgIpc) is 2.71. The number of amides is 1. The molecule has 0 radical (unpaired) electrons. The van der Waals surface area contributed by atoms with Crippen molar-refractivity contribution in [2.45, 2.75) is 59.5 Å². The van der Waals surface area contributed by atoms with Crippen LogP contribution in [0.5, 0.6) is 0 Å². The fourth-order valence-corrected chi connectivity index (χ4v) is 4.75. The van der Waals surface area contributed by atoms with E-state index in [1.54, 1.807) is 12.4 Å². The molecular formula is C24H32N4O. The Bertz CT molecular complexity index is 869. The van der Waals surface area contributed by atoms with Crippen molar-refractivity contribution in [2.24, 2.45) is 5.41 Å². The molecule has 2 fully saturated rings. The van der Waals surface area contributed by atoms with E-state index in [1.807, 2.05) is 11.8 Å². The van der Waals surface area contributed by atoms with E-state index in [-0.39, 0.29) is 11.3 Å². The highest BCUT2D eigenvalue weighted by molar-refractivity contribution is 5.77. The first kappa shape index (κ1) is 20.0. The van der Waals surface area contributed by atoms with Gasteiger partial charge in [-0.1, -0.05) is 23.8 Å². The smallest absolute Gasteiger partial charge is 0.222 e. The van der Waals surface area contributed by atoms with Gasteiger partial charge in [-0.15, -0.1) is 0 Å². The van der Waals surface area contributed by atoms with Gasteiger partial charge in [-0.3, -0.25) is 19.7 Å². The van der Waals surface area contributed by atoms with E-state index in [9.17, 15) is 4.79 Å². The van der Waals surface area contributed by atoms with Crippen LogP contribution >= 0.6 is 0 Å². The molecule has 1 spiro atoms. The lowest BCUT2D eigenvalue weighted by molar-refractivity contribution is -0.140. The Kier molecular flexibility index (Phi) is 5.68. The summed E-state index contributed by atoms with van der Waals surface area (Å²) in [6.07, 6.45) is 7.61. The number of rotatable bonds is 4. The molecule has 0 atom stereocenters. The third-order valence-electron chi connectivity index (χ3n) is 6.75. The van der Waals surface area contributed by atoms with Crippen LogP contribution in [0.2, 0.25) is 0 Å². The molecule has 1 aromatic heterocycles. The molecule has 1 amide bonds. The molecule has 2 aromatic rings. The third kappa shape index (κ3) is 4.67. The number of carbonyl (C=O) groups is 1. The van der Waals surface area contributed by atoms with Gasteiger partial charge in [-0.25, -0.2) is 0 Å². The van der Waals surface area contributed by atoms with E-state index in [0.717, 1.165) is 44.0 Å². The number of benzene rings is 1. The van der Waals surface area contributed by atoms with Gasteiger partial charge in [0.15, 0.2) is 0 Å². The van der Waals surface area contributed by atoms with Crippen molar-refractivity contribution in [3.63, 3.8) is 0 Å². The first-order valence-electron chi connectivity index (χ1n) is 10.8. The summed E-state index contributed by atoms with van der Waals surface area (Å²) >= 11 is 0. The quantitative estimate of drug-likeness (QED) is 0.794. The van der Waals surface area contributed by atoms with Crippen molar-refractivity contribution in [3.8, 4) is 0 Å². The van der Waals surface area contributed by atoms with Crippen LogP contribution in [0.3, 0.4) is 0 Å². The third-order valence-corrected chi connectivity index (χ3v) is 6.75. The number of hydrogen-bond acceptors (Lipinski definition) is 4. The summed E-state index contributed by atoms with van der Waals surface area (Å²) in [5.74, 6) is 0.260. The summed E-state index contributed by atoms with van der Waals surface area (Å²) in [5, 5.41) is 0. The van der Waals surface area contributed by atoms with Gasteiger partial charge in [0.2, 0.25) is 5.91 Å². The summed E-state index contributed by atoms with van der Waals surface area (Å²) < 4.78 is 0. The molecular weight excluding hydrogens is 360 g/mol. The van der Waals surface area contributed by atoms with E-state index in [1.165, 1.54) is 29.5 Å². The highest BCUT2D eigenvalue weighted by Crippen LogP contribution is 2.40. The zero-order valence-electron chi connectivity index (χ0n) is 17.9. The first-order valence-corrected chi connectivity index (χ1v) is 10.8. The first-order chi connectivity index (χ1) is 13.9. The number of carbonyl (C=O) groups excluding carboxylic acids is 1. The molecule has 2 saturated heterocycles. The topological polar surface area (TPSA) is 49.3 Å². The lowest BCUT2D eigenvalue weighted by Gasteiger charge is -2.47. The van der Waals surface area contributed by atoms with Gasteiger partial charge in [-0.2, -0.15) is 0 Å². The maximum Gasteiger partial charge on any atom is 0.222 e. The van der Waals surface area contributed by atoms with Gasteiger partial charge in [0.25, 0.3) is 0 Å². The van der Waals surface area contributed by atoms with Crippen molar-refractivity contribution >= 4 is 5.91 Å². The van der Waals surface area contributed by atoms with Gasteiger partial charge in [0.1, 0.15) is 0 Å². The predicted molar refractivity (Wildman–Crippen MR) is 114 cm³/mol. The number of hydrogen-bond donors (Lipinski definition) is 0. The molecule has 3 heterocycles. The maximum atomic E-state index is 12.5. The lowest BCUT2D eigenvalue weighted by atomic mass is 9.72. The largest absolute Gasteiger partial charge is 0.336 e. The van der Waals surface area contributed by atoms with E-state index in [2.05, 4.69) is 46.9 Å². The van der Waals surface area contributed by atoms with Crippen molar-refractivity contribution in [1.82, 2.24) is 19.8 Å². The number of likely N-dealkylation sites (tertiary alicyclic amines) is 2. The molecule has 0 saturated carbocycles. The van der Waals surface area contributed by atoms with Gasteiger partial charge in [0, 0.05) is 25.7 Å². The Morgan fingerprint density at radius 3 is 2.52 bits per heavy atom. The zero-order chi connectivity index (χ0) is 20.4. The van der Waals surface area contributed by atoms with Gasteiger partial charge in [0.05, 0.1) is 24.1 Å². The summed E-state index contributed by atoms with van der Waals surface area (Å²) in [5.41, 5.74) is 6.22. The molecule has 1 aromatic carbocycles. The highest BCUT2D eigenvalue weighted by atomic mass is 16.2. The Morgan fingerprint density at radius 1 is 1.00 bits per heavy atom. The maximum absolute atomic E-state index is 12.5. The Labute approximate surface area is 174 Å². The Morgan fingerprint density at radius 2 is 1.79 bits per heavy atom.